The minimum Gasteiger partial charge on any atom is -0.326 e. The molecule has 1 aliphatic heterocycles. The Kier molecular flexibility index (Phi) is 5.96. The van der Waals surface area contributed by atoms with Crippen molar-refractivity contribution >= 4 is 33.2 Å². The van der Waals surface area contributed by atoms with Gasteiger partial charge in [0.15, 0.2) is 0 Å². The van der Waals surface area contributed by atoms with Crippen LogP contribution in [0.15, 0.2) is 54.6 Å². The Morgan fingerprint density at radius 2 is 1.81 bits per heavy atom. The summed E-state index contributed by atoms with van der Waals surface area (Å²) in [5.41, 5.74) is 1.41. The third kappa shape index (κ3) is 4.84. The molecule has 1 N–H and O–H groups in total. The van der Waals surface area contributed by atoms with Crippen molar-refractivity contribution in [3.05, 3.63) is 65.2 Å². The first kappa shape index (κ1) is 18.9. The highest BCUT2D eigenvalue weighted by Crippen LogP contribution is 2.23. The molecule has 0 spiro atoms. The molecule has 1 fully saturated rings. The van der Waals surface area contributed by atoms with Crippen LogP contribution in [0.1, 0.15) is 18.4 Å². The zero-order valence-electron chi connectivity index (χ0n) is 14.3. The van der Waals surface area contributed by atoms with Gasteiger partial charge in [0.2, 0.25) is 15.9 Å². The van der Waals surface area contributed by atoms with Crippen molar-refractivity contribution in [2.45, 2.75) is 18.6 Å². The molecule has 0 saturated carbocycles. The molecule has 5 nitrogen and oxygen atoms in total. The smallest absolute Gasteiger partial charge is 0.228 e. The minimum absolute atomic E-state index is 0.0423. The number of rotatable bonds is 5. The normalized spacial score (nSPS) is 18.4. The molecule has 3 rings (SSSR count). The van der Waals surface area contributed by atoms with E-state index in [-0.39, 0.29) is 24.1 Å². The van der Waals surface area contributed by atoms with Crippen molar-refractivity contribution in [1.82, 2.24) is 4.31 Å². The second kappa shape index (κ2) is 8.20. The maximum atomic E-state index is 12.7. The van der Waals surface area contributed by atoms with Gasteiger partial charge in [-0.1, -0.05) is 41.9 Å². The van der Waals surface area contributed by atoms with E-state index in [1.807, 2.05) is 18.2 Å². The van der Waals surface area contributed by atoms with Crippen molar-refractivity contribution in [3.63, 3.8) is 0 Å². The fourth-order valence-corrected chi connectivity index (χ4v) is 4.80. The van der Waals surface area contributed by atoms with Gasteiger partial charge in [-0.25, -0.2) is 12.7 Å². The van der Waals surface area contributed by atoms with Gasteiger partial charge in [0, 0.05) is 23.8 Å². The summed E-state index contributed by atoms with van der Waals surface area (Å²) >= 11 is 5.85. The number of halogens is 1. The average molecular weight is 393 g/mol. The maximum Gasteiger partial charge on any atom is 0.228 e. The highest BCUT2D eigenvalue weighted by Gasteiger charge is 2.32. The number of hydrogen-bond donors (Lipinski definition) is 1. The fourth-order valence-electron chi connectivity index (χ4n) is 3.06. The number of carbonyl (C=O) groups excluding carboxylic acids is 1. The Bertz CT molecular complexity index is 854. The molecule has 1 amide bonds. The number of nitrogens with zero attached hydrogens (tertiary/aromatic N) is 1. The second-order valence-corrected chi connectivity index (χ2v) is 8.84. The Morgan fingerprint density at radius 3 is 2.50 bits per heavy atom. The lowest BCUT2D eigenvalue weighted by atomic mass is 9.99. The van der Waals surface area contributed by atoms with Crippen LogP contribution in [0.25, 0.3) is 0 Å². The zero-order valence-corrected chi connectivity index (χ0v) is 15.8. The summed E-state index contributed by atoms with van der Waals surface area (Å²) in [5, 5.41) is 3.44. The standard InChI is InChI=1S/C19H21ClN2O3S/c20-17-8-10-18(11-9-17)21-19(23)16-7-4-12-22(13-16)26(24,25)14-15-5-2-1-3-6-15/h1-3,5-6,8-11,16H,4,7,12-14H2,(H,21,23). The fraction of sp³-hybridized carbons (Fsp3) is 0.316. The highest BCUT2D eigenvalue weighted by molar-refractivity contribution is 7.88. The highest BCUT2D eigenvalue weighted by atomic mass is 35.5. The summed E-state index contributed by atoms with van der Waals surface area (Å²) in [6.45, 7) is 0.675. The molecule has 1 atom stereocenters. The number of carbonyl (C=O) groups is 1. The number of piperidine rings is 1. The van der Waals surface area contributed by atoms with Crippen LogP contribution in [-0.4, -0.2) is 31.7 Å². The topological polar surface area (TPSA) is 66.5 Å². The first-order chi connectivity index (χ1) is 12.4. The lowest BCUT2D eigenvalue weighted by Crippen LogP contribution is -2.44. The number of benzene rings is 2. The molecule has 1 saturated heterocycles. The van der Waals surface area contributed by atoms with Crippen molar-refractivity contribution < 1.29 is 13.2 Å². The molecule has 2 aromatic carbocycles. The summed E-state index contributed by atoms with van der Waals surface area (Å²) in [7, 11) is -3.45. The number of amides is 1. The number of sulfonamides is 1. The van der Waals surface area contributed by atoms with E-state index < -0.39 is 10.0 Å². The van der Waals surface area contributed by atoms with Gasteiger partial charge >= 0.3 is 0 Å². The van der Waals surface area contributed by atoms with Crippen molar-refractivity contribution in [2.24, 2.45) is 5.92 Å². The van der Waals surface area contributed by atoms with Crippen molar-refractivity contribution in [3.8, 4) is 0 Å². The second-order valence-electron chi connectivity index (χ2n) is 6.44. The van der Waals surface area contributed by atoms with E-state index in [1.54, 1.807) is 36.4 Å². The minimum atomic E-state index is -3.45. The molecular formula is C19H21ClN2O3S. The van der Waals surface area contributed by atoms with E-state index in [4.69, 9.17) is 11.6 Å². The van der Waals surface area contributed by atoms with E-state index in [1.165, 1.54) is 4.31 Å². The Labute approximate surface area is 159 Å². The van der Waals surface area contributed by atoms with Gasteiger partial charge in [-0.2, -0.15) is 0 Å². The summed E-state index contributed by atoms with van der Waals surface area (Å²) in [4.78, 5) is 12.5. The Morgan fingerprint density at radius 1 is 1.12 bits per heavy atom. The molecule has 1 unspecified atom stereocenters. The average Bonchev–Trinajstić information content (AvgIpc) is 2.64. The van der Waals surface area contributed by atoms with Crippen LogP contribution in [-0.2, 0) is 20.6 Å². The van der Waals surface area contributed by atoms with Crippen molar-refractivity contribution in [1.29, 1.82) is 0 Å². The van der Waals surface area contributed by atoms with Crippen LogP contribution >= 0.6 is 11.6 Å². The quantitative estimate of drug-likeness (QED) is 0.846. The van der Waals surface area contributed by atoms with Crippen LogP contribution in [0, 0.1) is 5.92 Å². The third-order valence-electron chi connectivity index (χ3n) is 4.45. The maximum absolute atomic E-state index is 12.7. The molecule has 0 radical (unpaired) electrons. The Hall–Kier alpha value is -1.89. The van der Waals surface area contributed by atoms with Gasteiger partial charge in [-0.05, 0) is 42.7 Å². The monoisotopic (exact) mass is 392 g/mol. The lowest BCUT2D eigenvalue weighted by Gasteiger charge is -2.31. The van der Waals surface area contributed by atoms with Gasteiger partial charge in [-0.15, -0.1) is 0 Å². The van der Waals surface area contributed by atoms with E-state index in [9.17, 15) is 13.2 Å². The predicted molar refractivity (Wildman–Crippen MR) is 103 cm³/mol. The number of nitrogens with one attached hydrogen (secondary N) is 1. The van der Waals surface area contributed by atoms with Gasteiger partial charge in [0.25, 0.3) is 0 Å². The molecular weight excluding hydrogens is 372 g/mol. The van der Waals surface area contributed by atoms with Crippen LogP contribution in [0.4, 0.5) is 5.69 Å². The van der Waals surface area contributed by atoms with Gasteiger partial charge in [0.05, 0.1) is 11.7 Å². The number of hydrogen-bond acceptors (Lipinski definition) is 3. The van der Waals surface area contributed by atoms with Crippen LogP contribution < -0.4 is 5.32 Å². The van der Waals surface area contributed by atoms with Gasteiger partial charge in [0.1, 0.15) is 0 Å². The summed E-state index contributed by atoms with van der Waals surface area (Å²) in [5.74, 6) is -0.559. The number of anilines is 1. The summed E-state index contributed by atoms with van der Waals surface area (Å²) < 4.78 is 26.8. The largest absolute Gasteiger partial charge is 0.326 e. The third-order valence-corrected chi connectivity index (χ3v) is 6.52. The van der Waals surface area contributed by atoms with Crippen LogP contribution in [0.2, 0.25) is 5.02 Å². The molecule has 2 aromatic rings. The molecule has 1 heterocycles. The first-order valence-electron chi connectivity index (χ1n) is 8.52. The zero-order chi connectivity index (χ0) is 18.6. The van der Waals surface area contributed by atoms with E-state index in [0.717, 1.165) is 5.56 Å². The van der Waals surface area contributed by atoms with Crippen LogP contribution in [0.3, 0.4) is 0 Å². The van der Waals surface area contributed by atoms with E-state index >= 15 is 0 Å². The van der Waals surface area contributed by atoms with E-state index in [2.05, 4.69) is 5.32 Å². The molecule has 7 heteroatoms. The Balaban J connectivity index is 1.64. The molecule has 0 bridgehead atoms. The lowest BCUT2D eigenvalue weighted by molar-refractivity contribution is -0.120. The molecule has 138 valence electrons. The molecule has 0 aliphatic carbocycles. The first-order valence-corrected chi connectivity index (χ1v) is 10.5. The van der Waals surface area contributed by atoms with Crippen LogP contribution in [0.5, 0.6) is 0 Å². The molecule has 1 aliphatic rings. The summed E-state index contributed by atoms with van der Waals surface area (Å²) in [6, 6.07) is 16.0. The molecule has 26 heavy (non-hydrogen) atoms. The van der Waals surface area contributed by atoms with Gasteiger partial charge < -0.3 is 5.32 Å². The summed E-state index contributed by atoms with van der Waals surface area (Å²) in [6.07, 6.45) is 1.35. The van der Waals surface area contributed by atoms with Gasteiger partial charge in [-0.3, -0.25) is 4.79 Å². The van der Waals surface area contributed by atoms with E-state index in [0.29, 0.717) is 30.1 Å². The van der Waals surface area contributed by atoms with Crippen molar-refractivity contribution in [2.75, 3.05) is 18.4 Å². The SMILES string of the molecule is O=C(Nc1ccc(Cl)cc1)C1CCCN(S(=O)(=O)Cc2ccccc2)C1. The molecule has 0 aromatic heterocycles. The predicted octanol–water partition coefficient (Wildman–Crippen LogP) is 3.52.